The van der Waals surface area contributed by atoms with E-state index < -0.39 is 0 Å². The molecule has 0 N–H and O–H groups in total. The zero-order chi connectivity index (χ0) is 13.7. The van der Waals surface area contributed by atoms with Crippen LogP contribution < -0.4 is 4.90 Å². The Bertz CT molecular complexity index is 528. The molecule has 2 aromatic rings. The third-order valence-corrected chi connectivity index (χ3v) is 3.24. The van der Waals surface area contributed by atoms with Crippen LogP contribution in [-0.2, 0) is 6.54 Å². The summed E-state index contributed by atoms with van der Waals surface area (Å²) in [5.41, 5.74) is 3.17. The fourth-order valence-electron chi connectivity index (χ4n) is 1.86. The lowest BCUT2D eigenvalue weighted by atomic mass is 10.2. The van der Waals surface area contributed by atoms with Crippen molar-refractivity contribution in [3.8, 4) is 0 Å². The van der Waals surface area contributed by atoms with E-state index in [2.05, 4.69) is 27.0 Å². The normalized spacial score (nSPS) is 10.5. The van der Waals surface area contributed by atoms with Gasteiger partial charge in [0.25, 0.3) is 0 Å². The Morgan fingerprint density at radius 1 is 1.11 bits per heavy atom. The van der Waals surface area contributed by atoms with E-state index in [1.54, 1.807) is 0 Å². The Morgan fingerprint density at radius 3 is 2.47 bits per heavy atom. The van der Waals surface area contributed by atoms with Gasteiger partial charge in [0.2, 0.25) is 0 Å². The molecule has 3 nitrogen and oxygen atoms in total. The van der Waals surface area contributed by atoms with Crippen LogP contribution in [0.25, 0.3) is 0 Å². The highest BCUT2D eigenvalue weighted by Crippen LogP contribution is 2.15. The third-order valence-electron chi connectivity index (χ3n) is 3.07. The maximum absolute atomic E-state index is 5.89. The van der Waals surface area contributed by atoms with Crippen LogP contribution in [0.4, 0.5) is 5.82 Å². The highest BCUT2D eigenvalue weighted by molar-refractivity contribution is 6.18. The van der Waals surface area contributed by atoms with E-state index in [1.807, 2.05) is 38.2 Å². The topological polar surface area (TPSA) is 29.0 Å². The molecule has 0 radical (unpaired) electrons. The number of hydrogen-bond acceptors (Lipinski definition) is 3. The van der Waals surface area contributed by atoms with E-state index in [-0.39, 0.29) is 0 Å². The van der Waals surface area contributed by atoms with E-state index in [1.165, 1.54) is 5.56 Å². The second-order valence-corrected chi connectivity index (χ2v) is 4.87. The number of aryl methyl sites for hydroxylation is 2. The molecule has 0 aliphatic rings. The lowest BCUT2D eigenvalue weighted by Gasteiger charge is -2.23. The van der Waals surface area contributed by atoms with Crippen molar-refractivity contribution in [3.63, 3.8) is 0 Å². The molecule has 0 saturated heterocycles. The molecule has 4 heteroatoms. The summed E-state index contributed by atoms with van der Waals surface area (Å²) < 4.78 is 0. The molecule has 0 aliphatic carbocycles. The van der Waals surface area contributed by atoms with E-state index in [9.17, 15) is 0 Å². The summed E-state index contributed by atoms with van der Waals surface area (Å²) >= 11 is 5.89. The van der Waals surface area contributed by atoms with Crippen LogP contribution in [0.5, 0.6) is 0 Å². The van der Waals surface area contributed by atoms with Gasteiger partial charge < -0.3 is 4.90 Å². The molecule has 0 bridgehead atoms. The first-order valence-electron chi connectivity index (χ1n) is 6.36. The van der Waals surface area contributed by atoms with Gasteiger partial charge in [0, 0.05) is 19.0 Å². The van der Waals surface area contributed by atoms with Gasteiger partial charge in [-0.25, -0.2) is 4.98 Å². The average molecular weight is 276 g/mol. The van der Waals surface area contributed by atoms with Gasteiger partial charge in [0.05, 0.1) is 17.6 Å². The quantitative estimate of drug-likeness (QED) is 0.784. The lowest BCUT2D eigenvalue weighted by molar-refractivity contribution is 0.805. The van der Waals surface area contributed by atoms with Crippen LogP contribution in [0.1, 0.15) is 17.0 Å². The summed E-state index contributed by atoms with van der Waals surface area (Å²) in [6.07, 6.45) is 1.82. The second-order valence-electron chi connectivity index (χ2n) is 4.50. The van der Waals surface area contributed by atoms with Gasteiger partial charge in [-0.05, 0) is 19.4 Å². The number of rotatable bonds is 5. The fraction of sp³-hybridized carbons (Fsp3) is 0.333. The molecule has 1 heterocycles. The smallest absolute Gasteiger partial charge is 0.147 e. The van der Waals surface area contributed by atoms with Crippen LogP contribution in [-0.4, -0.2) is 22.4 Å². The van der Waals surface area contributed by atoms with Gasteiger partial charge in [-0.3, -0.25) is 4.98 Å². The summed E-state index contributed by atoms with van der Waals surface area (Å²) in [6.45, 7) is 5.50. The molecule has 100 valence electrons. The van der Waals surface area contributed by atoms with Crippen molar-refractivity contribution >= 4 is 17.4 Å². The highest BCUT2D eigenvalue weighted by Gasteiger charge is 2.09. The van der Waals surface area contributed by atoms with Crippen LogP contribution >= 0.6 is 11.6 Å². The molecule has 0 atom stereocenters. The molecule has 1 aromatic carbocycles. The van der Waals surface area contributed by atoms with Gasteiger partial charge in [0.1, 0.15) is 5.82 Å². The van der Waals surface area contributed by atoms with Crippen molar-refractivity contribution in [2.75, 3.05) is 17.3 Å². The zero-order valence-electron chi connectivity index (χ0n) is 11.3. The number of anilines is 1. The van der Waals surface area contributed by atoms with E-state index in [0.717, 1.165) is 30.3 Å². The maximum atomic E-state index is 5.89. The summed E-state index contributed by atoms with van der Waals surface area (Å²) in [5.74, 6) is 1.45. The number of nitrogens with zero attached hydrogens (tertiary/aromatic N) is 3. The van der Waals surface area contributed by atoms with Gasteiger partial charge in [-0.15, -0.1) is 11.6 Å². The van der Waals surface area contributed by atoms with E-state index in [4.69, 9.17) is 11.6 Å². The van der Waals surface area contributed by atoms with Crippen molar-refractivity contribution in [2.45, 2.75) is 20.4 Å². The monoisotopic (exact) mass is 275 g/mol. The summed E-state index contributed by atoms with van der Waals surface area (Å²) in [6, 6.07) is 10.3. The third kappa shape index (κ3) is 3.67. The maximum Gasteiger partial charge on any atom is 0.147 e. The summed E-state index contributed by atoms with van der Waals surface area (Å²) in [7, 11) is 0. The zero-order valence-corrected chi connectivity index (χ0v) is 12.1. The van der Waals surface area contributed by atoms with Crippen molar-refractivity contribution in [3.05, 3.63) is 53.5 Å². The minimum atomic E-state index is 0.571. The first-order valence-corrected chi connectivity index (χ1v) is 6.89. The van der Waals surface area contributed by atoms with Gasteiger partial charge >= 0.3 is 0 Å². The Hall–Kier alpha value is -1.61. The predicted molar refractivity (Wildman–Crippen MR) is 79.7 cm³/mol. The van der Waals surface area contributed by atoms with Crippen LogP contribution in [0.15, 0.2) is 36.5 Å². The molecule has 0 fully saturated rings. The first kappa shape index (κ1) is 13.8. The standard InChI is InChI=1S/C15H18ClN3/c1-12-13(2)18-15(10-17-12)19(9-8-16)11-14-6-4-3-5-7-14/h3-7,10H,8-9,11H2,1-2H3. The Labute approximate surface area is 119 Å². The lowest BCUT2D eigenvalue weighted by Crippen LogP contribution is -2.26. The Morgan fingerprint density at radius 2 is 1.84 bits per heavy atom. The van der Waals surface area contributed by atoms with E-state index >= 15 is 0 Å². The van der Waals surface area contributed by atoms with Crippen molar-refractivity contribution < 1.29 is 0 Å². The number of benzene rings is 1. The average Bonchev–Trinajstić information content (AvgIpc) is 2.43. The molecule has 0 saturated carbocycles. The summed E-state index contributed by atoms with van der Waals surface area (Å²) in [4.78, 5) is 11.1. The molecule has 0 aliphatic heterocycles. The number of halogens is 1. The van der Waals surface area contributed by atoms with Gasteiger partial charge in [-0.1, -0.05) is 30.3 Å². The van der Waals surface area contributed by atoms with Crippen LogP contribution in [0.2, 0.25) is 0 Å². The molecular weight excluding hydrogens is 258 g/mol. The van der Waals surface area contributed by atoms with Crippen LogP contribution in [0, 0.1) is 13.8 Å². The first-order chi connectivity index (χ1) is 9.20. The molecule has 2 rings (SSSR count). The molecule has 0 spiro atoms. The highest BCUT2D eigenvalue weighted by atomic mass is 35.5. The van der Waals surface area contributed by atoms with Crippen LogP contribution in [0.3, 0.4) is 0 Å². The largest absolute Gasteiger partial charge is 0.350 e. The number of alkyl halides is 1. The Kier molecular flexibility index (Phi) is 4.74. The Balaban J connectivity index is 2.21. The fourth-order valence-corrected chi connectivity index (χ4v) is 2.07. The van der Waals surface area contributed by atoms with Crippen molar-refractivity contribution in [1.29, 1.82) is 0 Å². The SMILES string of the molecule is Cc1ncc(N(CCCl)Cc2ccccc2)nc1C. The molecule has 1 aromatic heterocycles. The molecule has 0 unspecified atom stereocenters. The number of hydrogen-bond donors (Lipinski definition) is 0. The predicted octanol–water partition coefficient (Wildman–Crippen LogP) is 3.34. The minimum Gasteiger partial charge on any atom is -0.350 e. The second kappa shape index (κ2) is 6.53. The summed E-state index contributed by atoms with van der Waals surface area (Å²) in [5, 5.41) is 0. The van der Waals surface area contributed by atoms with Crippen molar-refractivity contribution in [1.82, 2.24) is 9.97 Å². The molecule has 19 heavy (non-hydrogen) atoms. The van der Waals surface area contributed by atoms with Gasteiger partial charge in [-0.2, -0.15) is 0 Å². The van der Waals surface area contributed by atoms with E-state index in [0.29, 0.717) is 5.88 Å². The van der Waals surface area contributed by atoms with Gasteiger partial charge in [0.15, 0.2) is 0 Å². The molecular formula is C15H18ClN3. The van der Waals surface area contributed by atoms with Crippen molar-refractivity contribution in [2.24, 2.45) is 0 Å². The number of aromatic nitrogens is 2. The minimum absolute atomic E-state index is 0.571. The molecule has 0 amide bonds.